The van der Waals surface area contributed by atoms with Crippen molar-refractivity contribution in [1.29, 1.82) is 0 Å². The fraction of sp³-hybridized carbons (Fsp3) is 0.857. The molecule has 1 fully saturated rings. The molecule has 3 N–H and O–H groups in total. The van der Waals surface area contributed by atoms with Gasteiger partial charge in [0.2, 0.25) is 11.8 Å². The predicted octanol–water partition coefficient (Wildman–Crippen LogP) is 0.655. The maximum atomic E-state index is 11.8. The minimum Gasteiger partial charge on any atom is -0.356 e. The third kappa shape index (κ3) is 7.15. The summed E-state index contributed by atoms with van der Waals surface area (Å²) in [4.78, 5) is 22.4. The molecule has 0 aromatic carbocycles. The van der Waals surface area contributed by atoms with Crippen molar-refractivity contribution in [2.45, 2.75) is 39.5 Å². The SMILES string of the molecule is CC(=O)NCCCNC(=O)CC(C)C1CCCNC1. The monoisotopic (exact) mass is 269 g/mol. The molecule has 2 atom stereocenters. The van der Waals surface area contributed by atoms with Crippen LogP contribution in [0.1, 0.15) is 39.5 Å². The maximum absolute atomic E-state index is 11.8. The zero-order valence-corrected chi connectivity index (χ0v) is 12.1. The second kappa shape index (κ2) is 8.91. The Morgan fingerprint density at radius 3 is 2.68 bits per heavy atom. The van der Waals surface area contributed by atoms with Crippen LogP contribution in [0.4, 0.5) is 0 Å². The fourth-order valence-corrected chi connectivity index (χ4v) is 2.48. The number of carbonyl (C=O) groups excluding carboxylic acids is 2. The summed E-state index contributed by atoms with van der Waals surface area (Å²) in [6.07, 6.45) is 3.83. The van der Waals surface area contributed by atoms with Crippen LogP contribution in [0.15, 0.2) is 0 Å². The number of hydrogen-bond donors (Lipinski definition) is 3. The Hall–Kier alpha value is -1.10. The van der Waals surface area contributed by atoms with E-state index < -0.39 is 0 Å². The van der Waals surface area contributed by atoms with Crippen LogP contribution in [0, 0.1) is 11.8 Å². The molecule has 1 aliphatic heterocycles. The molecule has 0 aromatic heterocycles. The van der Waals surface area contributed by atoms with E-state index in [4.69, 9.17) is 0 Å². The van der Waals surface area contributed by atoms with Crippen molar-refractivity contribution >= 4 is 11.8 Å². The smallest absolute Gasteiger partial charge is 0.220 e. The van der Waals surface area contributed by atoms with Crippen LogP contribution in [0.5, 0.6) is 0 Å². The molecule has 0 spiro atoms. The van der Waals surface area contributed by atoms with Gasteiger partial charge in [0, 0.05) is 26.4 Å². The van der Waals surface area contributed by atoms with E-state index in [1.807, 2.05) is 0 Å². The van der Waals surface area contributed by atoms with Gasteiger partial charge in [-0.3, -0.25) is 9.59 Å². The average molecular weight is 269 g/mol. The molecule has 5 nitrogen and oxygen atoms in total. The fourth-order valence-electron chi connectivity index (χ4n) is 2.48. The van der Waals surface area contributed by atoms with E-state index in [0.29, 0.717) is 31.3 Å². The van der Waals surface area contributed by atoms with Gasteiger partial charge >= 0.3 is 0 Å². The minimum absolute atomic E-state index is 0.0234. The number of rotatable bonds is 7. The average Bonchev–Trinajstić information content (AvgIpc) is 2.39. The van der Waals surface area contributed by atoms with Gasteiger partial charge in [0.05, 0.1) is 0 Å². The first kappa shape index (κ1) is 16.0. The molecule has 1 rings (SSSR count). The summed E-state index contributed by atoms with van der Waals surface area (Å²) < 4.78 is 0. The second-order valence-electron chi connectivity index (χ2n) is 5.47. The van der Waals surface area contributed by atoms with E-state index in [1.165, 1.54) is 19.8 Å². The summed E-state index contributed by atoms with van der Waals surface area (Å²) in [5.74, 6) is 1.16. The van der Waals surface area contributed by atoms with Gasteiger partial charge in [-0.1, -0.05) is 6.92 Å². The predicted molar refractivity (Wildman–Crippen MR) is 75.7 cm³/mol. The van der Waals surface area contributed by atoms with Crippen molar-refractivity contribution < 1.29 is 9.59 Å². The van der Waals surface area contributed by atoms with Crippen LogP contribution >= 0.6 is 0 Å². The number of piperidine rings is 1. The molecule has 1 saturated heterocycles. The molecule has 0 radical (unpaired) electrons. The maximum Gasteiger partial charge on any atom is 0.220 e. The highest BCUT2D eigenvalue weighted by molar-refractivity contribution is 5.76. The lowest BCUT2D eigenvalue weighted by molar-refractivity contribution is -0.122. The number of hydrogen-bond acceptors (Lipinski definition) is 3. The first-order valence-electron chi connectivity index (χ1n) is 7.31. The summed E-state index contributed by atoms with van der Waals surface area (Å²) >= 11 is 0. The molecule has 0 saturated carbocycles. The second-order valence-corrected chi connectivity index (χ2v) is 5.47. The van der Waals surface area contributed by atoms with Crippen molar-refractivity contribution in [2.24, 2.45) is 11.8 Å². The number of nitrogens with one attached hydrogen (secondary N) is 3. The van der Waals surface area contributed by atoms with Crippen LogP contribution in [0.2, 0.25) is 0 Å². The van der Waals surface area contributed by atoms with Crippen molar-refractivity contribution in [3.05, 3.63) is 0 Å². The van der Waals surface area contributed by atoms with Crippen molar-refractivity contribution in [3.63, 3.8) is 0 Å². The van der Waals surface area contributed by atoms with E-state index in [-0.39, 0.29) is 11.8 Å². The first-order chi connectivity index (χ1) is 9.09. The molecule has 0 aromatic rings. The summed E-state index contributed by atoms with van der Waals surface area (Å²) in [5.41, 5.74) is 0. The summed E-state index contributed by atoms with van der Waals surface area (Å²) in [6.45, 7) is 7.06. The van der Waals surface area contributed by atoms with Crippen molar-refractivity contribution in [2.75, 3.05) is 26.2 Å². The highest BCUT2D eigenvalue weighted by Crippen LogP contribution is 2.22. The van der Waals surface area contributed by atoms with Crippen LogP contribution in [0.3, 0.4) is 0 Å². The molecule has 0 aliphatic carbocycles. The Balaban J connectivity index is 2.07. The zero-order chi connectivity index (χ0) is 14.1. The van der Waals surface area contributed by atoms with Gasteiger partial charge in [-0.25, -0.2) is 0 Å². The first-order valence-corrected chi connectivity index (χ1v) is 7.31. The van der Waals surface area contributed by atoms with Crippen LogP contribution in [0.25, 0.3) is 0 Å². The Morgan fingerprint density at radius 1 is 1.32 bits per heavy atom. The van der Waals surface area contributed by atoms with Gasteiger partial charge in [0.25, 0.3) is 0 Å². The third-order valence-electron chi connectivity index (χ3n) is 3.70. The summed E-state index contributed by atoms with van der Waals surface area (Å²) in [6, 6.07) is 0. The molecule has 110 valence electrons. The lowest BCUT2D eigenvalue weighted by Gasteiger charge is -2.28. The standard InChI is InChI=1S/C14H27N3O2/c1-11(13-5-3-6-15-10-13)9-14(19)17-8-4-7-16-12(2)18/h11,13,15H,3-10H2,1-2H3,(H,16,18)(H,17,19). The largest absolute Gasteiger partial charge is 0.356 e. The van der Waals surface area contributed by atoms with Gasteiger partial charge < -0.3 is 16.0 Å². The van der Waals surface area contributed by atoms with E-state index in [0.717, 1.165) is 19.5 Å². The molecule has 1 heterocycles. The molecular formula is C14H27N3O2. The zero-order valence-electron chi connectivity index (χ0n) is 12.1. The lowest BCUT2D eigenvalue weighted by atomic mass is 9.85. The van der Waals surface area contributed by atoms with E-state index in [2.05, 4.69) is 22.9 Å². The minimum atomic E-state index is -0.0234. The third-order valence-corrected chi connectivity index (χ3v) is 3.70. The molecule has 5 heteroatoms. The molecule has 1 aliphatic rings. The van der Waals surface area contributed by atoms with Gasteiger partial charge in [-0.15, -0.1) is 0 Å². The van der Waals surface area contributed by atoms with Gasteiger partial charge in [-0.05, 0) is 44.2 Å². The Bertz CT molecular complexity index is 288. The van der Waals surface area contributed by atoms with Crippen molar-refractivity contribution in [1.82, 2.24) is 16.0 Å². The normalized spacial score (nSPS) is 20.6. The van der Waals surface area contributed by atoms with E-state index >= 15 is 0 Å². The van der Waals surface area contributed by atoms with Crippen molar-refractivity contribution in [3.8, 4) is 0 Å². The summed E-state index contributed by atoms with van der Waals surface area (Å²) in [7, 11) is 0. The Kier molecular flexibility index (Phi) is 7.48. The quantitative estimate of drug-likeness (QED) is 0.595. The Labute approximate surface area is 115 Å². The topological polar surface area (TPSA) is 70.2 Å². The molecule has 2 unspecified atom stereocenters. The number of amides is 2. The van der Waals surface area contributed by atoms with Gasteiger partial charge in [0.15, 0.2) is 0 Å². The number of carbonyl (C=O) groups is 2. The van der Waals surface area contributed by atoms with Crippen LogP contribution in [-0.2, 0) is 9.59 Å². The Morgan fingerprint density at radius 2 is 2.05 bits per heavy atom. The van der Waals surface area contributed by atoms with E-state index in [9.17, 15) is 9.59 Å². The van der Waals surface area contributed by atoms with Crippen LogP contribution < -0.4 is 16.0 Å². The molecule has 2 amide bonds. The van der Waals surface area contributed by atoms with Gasteiger partial charge in [-0.2, -0.15) is 0 Å². The highest BCUT2D eigenvalue weighted by Gasteiger charge is 2.21. The van der Waals surface area contributed by atoms with Gasteiger partial charge in [0.1, 0.15) is 0 Å². The lowest BCUT2D eigenvalue weighted by Crippen LogP contribution is -2.36. The molecular weight excluding hydrogens is 242 g/mol. The highest BCUT2D eigenvalue weighted by atomic mass is 16.2. The van der Waals surface area contributed by atoms with Crippen LogP contribution in [-0.4, -0.2) is 38.0 Å². The molecule has 19 heavy (non-hydrogen) atoms. The molecule has 0 bridgehead atoms. The van der Waals surface area contributed by atoms with E-state index in [1.54, 1.807) is 0 Å². The summed E-state index contributed by atoms with van der Waals surface area (Å²) in [5, 5.41) is 9.02.